The standard InChI is InChI=1S/C30H32ClFN2O3/c1-33-20-30(25-3-2-4-26(31)29(25)33)13-15-34(16-14-30)18-21-5-7-22(8-6-21)19-37-24-11-9-23(27(32)17-24)10-12-28(35)36/h2-9,11,17H,10,12-16,18-20H2,1H3,(H,35,36). The van der Waals surface area contributed by atoms with Gasteiger partial charge in [0.2, 0.25) is 0 Å². The fraction of sp³-hybridized carbons (Fsp3) is 0.367. The summed E-state index contributed by atoms with van der Waals surface area (Å²) < 4.78 is 20.0. The van der Waals surface area contributed by atoms with Gasteiger partial charge in [-0.05, 0) is 66.7 Å². The molecule has 2 aliphatic heterocycles. The zero-order valence-electron chi connectivity index (χ0n) is 21.1. The largest absolute Gasteiger partial charge is 0.489 e. The molecule has 0 radical (unpaired) electrons. The summed E-state index contributed by atoms with van der Waals surface area (Å²) in [6.45, 7) is 4.40. The Kier molecular flexibility index (Phi) is 7.40. The van der Waals surface area contributed by atoms with E-state index in [1.54, 1.807) is 12.1 Å². The van der Waals surface area contributed by atoms with Crippen molar-refractivity contribution in [3.63, 3.8) is 0 Å². The third kappa shape index (κ3) is 5.60. The number of likely N-dealkylation sites (tertiary alicyclic amines) is 1. The van der Waals surface area contributed by atoms with Crippen molar-refractivity contribution < 1.29 is 19.0 Å². The number of carboxylic acids is 1. The fourth-order valence-electron chi connectivity index (χ4n) is 5.74. The molecule has 2 aliphatic rings. The number of piperidine rings is 1. The van der Waals surface area contributed by atoms with Crippen molar-refractivity contribution in [2.75, 3.05) is 31.6 Å². The number of para-hydroxylation sites is 1. The number of rotatable bonds is 8. The van der Waals surface area contributed by atoms with Crippen LogP contribution in [0.25, 0.3) is 0 Å². The Labute approximate surface area is 222 Å². The van der Waals surface area contributed by atoms with Crippen molar-refractivity contribution in [2.24, 2.45) is 0 Å². The fourth-order valence-corrected chi connectivity index (χ4v) is 6.06. The number of benzene rings is 3. The molecule has 0 bridgehead atoms. The van der Waals surface area contributed by atoms with Crippen molar-refractivity contribution in [2.45, 2.75) is 44.2 Å². The van der Waals surface area contributed by atoms with E-state index in [2.05, 4.69) is 53.2 Å². The lowest BCUT2D eigenvalue weighted by atomic mass is 9.74. The van der Waals surface area contributed by atoms with E-state index in [0.717, 1.165) is 49.6 Å². The number of aliphatic carboxylic acids is 1. The second kappa shape index (κ2) is 10.7. The molecule has 37 heavy (non-hydrogen) atoms. The minimum Gasteiger partial charge on any atom is -0.489 e. The van der Waals surface area contributed by atoms with Crippen LogP contribution in [0.5, 0.6) is 5.75 Å². The Morgan fingerprint density at radius 3 is 2.51 bits per heavy atom. The Bertz CT molecular complexity index is 1270. The molecule has 5 nitrogen and oxygen atoms in total. The van der Waals surface area contributed by atoms with Crippen LogP contribution in [0, 0.1) is 5.82 Å². The van der Waals surface area contributed by atoms with Crippen molar-refractivity contribution in [3.8, 4) is 5.75 Å². The van der Waals surface area contributed by atoms with Gasteiger partial charge in [-0.15, -0.1) is 0 Å². The summed E-state index contributed by atoms with van der Waals surface area (Å²) in [5.74, 6) is -0.943. The van der Waals surface area contributed by atoms with Crippen LogP contribution in [0.3, 0.4) is 0 Å². The number of carboxylic acid groups (broad SMARTS) is 1. The van der Waals surface area contributed by atoms with E-state index in [0.29, 0.717) is 17.9 Å². The van der Waals surface area contributed by atoms with Crippen LogP contribution in [0.1, 0.15) is 41.5 Å². The van der Waals surface area contributed by atoms with Crippen molar-refractivity contribution in [3.05, 3.63) is 93.8 Å². The average molecular weight is 523 g/mol. The molecule has 0 unspecified atom stereocenters. The summed E-state index contributed by atoms with van der Waals surface area (Å²) in [5, 5.41) is 9.63. The molecule has 0 atom stereocenters. The van der Waals surface area contributed by atoms with E-state index in [1.807, 2.05) is 6.07 Å². The number of fused-ring (bicyclic) bond motifs is 2. The Balaban J connectivity index is 1.13. The van der Waals surface area contributed by atoms with E-state index in [9.17, 15) is 9.18 Å². The number of hydrogen-bond donors (Lipinski definition) is 1. The zero-order chi connectivity index (χ0) is 26.0. The Morgan fingerprint density at radius 2 is 1.81 bits per heavy atom. The van der Waals surface area contributed by atoms with Gasteiger partial charge in [0.05, 0.1) is 10.7 Å². The van der Waals surface area contributed by atoms with Gasteiger partial charge in [0.25, 0.3) is 0 Å². The maximum atomic E-state index is 14.2. The van der Waals surface area contributed by atoms with Crippen molar-refractivity contribution >= 4 is 23.3 Å². The van der Waals surface area contributed by atoms with Gasteiger partial charge >= 0.3 is 5.97 Å². The average Bonchev–Trinajstić information content (AvgIpc) is 3.16. The molecule has 0 aromatic heterocycles. The minimum atomic E-state index is -0.940. The Hall–Kier alpha value is -3.09. The molecule has 1 spiro atoms. The van der Waals surface area contributed by atoms with Crippen LogP contribution in [-0.4, -0.2) is 42.7 Å². The number of ether oxygens (including phenoxy) is 1. The van der Waals surface area contributed by atoms with Gasteiger partial charge in [0, 0.05) is 38.0 Å². The molecular weight excluding hydrogens is 491 g/mol. The molecule has 194 valence electrons. The predicted octanol–water partition coefficient (Wildman–Crippen LogP) is 6.06. The molecule has 0 aliphatic carbocycles. The summed E-state index contributed by atoms with van der Waals surface area (Å²) in [4.78, 5) is 15.5. The molecule has 1 saturated heterocycles. The lowest BCUT2D eigenvalue weighted by Crippen LogP contribution is -2.44. The monoisotopic (exact) mass is 522 g/mol. The van der Waals surface area contributed by atoms with E-state index in [-0.39, 0.29) is 18.3 Å². The van der Waals surface area contributed by atoms with Crippen LogP contribution in [0.15, 0.2) is 60.7 Å². The molecule has 2 heterocycles. The molecule has 3 aromatic carbocycles. The number of likely N-dealkylation sites (N-methyl/N-ethyl adjacent to an activating group) is 1. The molecule has 0 saturated carbocycles. The number of hydrogen-bond acceptors (Lipinski definition) is 4. The topological polar surface area (TPSA) is 53.0 Å². The van der Waals surface area contributed by atoms with E-state index >= 15 is 0 Å². The summed E-state index contributed by atoms with van der Waals surface area (Å²) >= 11 is 6.51. The summed E-state index contributed by atoms with van der Waals surface area (Å²) in [7, 11) is 2.14. The number of carbonyl (C=O) groups is 1. The van der Waals surface area contributed by atoms with Gasteiger partial charge in [-0.1, -0.05) is 54.1 Å². The van der Waals surface area contributed by atoms with Crippen LogP contribution < -0.4 is 9.64 Å². The number of anilines is 1. The van der Waals surface area contributed by atoms with Gasteiger partial charge in [0.15, 0.2) is 0 Å². The van der Waals surface area contributed by atoms with E-state index < -0.39 is 11.8 Å². The third-order valence-electron chi connectivity index (χ3n) is 7.76. The van der Waals surface area contributed by atoms with E-state index in [1.165, 1.54) is 22.9 Å². The normalized spacial score (nSPS) is 16.7. The molecule has 5 rings (SSSR count). The molecule has 1 N–H and O–H groups in total. The minimum absolute atomic E-state index is 0.0953. The Morgan fingerprint density at radius 1 is 1.08 bits per heavy atom. The van der Waals surface area contributed by atoms with Crippen LogP contribution >= 0.6 is 11.6 Å². The zero-order valence-corrected chi connectivity index (χ0v) is 21.8. The highest BCUT2D eigenvalue weighted by Gasteiger charge is 2.44. The first kappa shape index (κ1) is 25.6. The highest BCUT2D eigenvalue weighted by atomic mass is 35.5. The first-order valence-corrected chi connectivity index (χ1v) is 13.1. The molecule has 3 aromatic rings. The summed E-state index contributed by atoms with van der Waals surface area (Å²) in [5.41, 5.74) is 5.46. The van der Waals surface area contributed by atoms with Gasteiger partial charge in [-0.2, -0.15) is 0 Å². The van der Waals surface area contributed by atoms with E-state index in [4.69, 9.17) is 21.4 Å². The molecule has 7 heteroatoms. The molecule has 0 amide bonds. The first-order chi connectivity index (χ1) is 17.8. The highest BCUT2D eigenvalue weighted by Crippen LogP contribution is 2.49. The smallest absolute Gasteiger partial charge is 0.303 e. The lowest BCUT2D eigenvalue weighted by Gasteiger charge is -2.40. The number of halogens is 2. The van der Waals surface area contributed by atoms with Crippen molar-refractivity contribution in [1.82, 2.24) is 4.90 Å². The van der Waals surface area contributed by atoms with Gasteiger partial charge < -0.3 is 14.7 Å². The third-order valence-corrected chi connectivity index (χ3v) is 8.07. The highest BCUT2D eigenvalue weighted by molar-refractivity contribution is 6.33. The van der Waals surface area contributed by atoms with Gasteiger partial charge in [-0.25, -0.2) is 4.39 Å². The number of nitrogens with zero attached hydrogens (tertiary/aromatic N) is 2. The maximum absolute atomic E-state index is 14.2. The van der Waals surface area contributed by atoms with Crippen LogP contribution in [0.4, 0.5) is 10.1 Å². The van der Waals surface area contributed by atoms with Crippen molar-refractivity contribution in [1.29, 1.82) is 0 Å². The quantitative estimate of drug-likeness (QED) is 0.390. The first-order valence-electron chi connectivity index (χ1n) is 12.8. The maximum Gasteiger partial charge on any atom is 0.303 e. The second-order valence-corrected chi connectivity index (χ2v) is 10.7. The SMILES string of the molecule is CN1CC2(CCN(Cc3ccc(COc4ccc(CCC(=O)O)c(F)c4)cc3)CC2)c2cccc(Cl)c21. The predicted molar refractivity (Wildman–Crippen MR) is 144 cm³/mol. The van der Waals surface area contributed by atoms with Crippen LogP contribution in [0.2, 0.25) is 5.02 Å². The van der Waals surface area contributed by atoms with Gasteiger partial charge in [0.1, 0.15) is 18.2 Å². The van der Waals surface area contributed by atoms with Crippen LogP contribution in [-0.2, 0) is 29.8 Å². The lowest BCUT2D eigenvalue weighted by molar-refractivity contribution is -0.136. The number of aryl methyl sites for hydroxylation is 1. The summed E-state index contributed by atoms with van der Waals surface area (Å²) in [6.07, 6.45) is 2.33. The molecule has 1 fully saturated rings. The van der Waals surface area contributed by atoms with Gasteiger partial charge in [-0.3, -0.25) is 9.69 Å². The second-order valence-electron chi connectivity index (χ2n) is 10.3. The summed E-state index contributed by atoms with van der Waals surface area (Å²) in [6, 6.07) is 19.3. The molecular formula is C30H32ClFN2O3.